The zero-order valence-corrected chi connectivity index (χ0v) is 19.7. The van der Waals surface area contributed by atoms with Gasteiger partial charge in [-0.05, 0) is 55.5 Å². The van der Waals surface area contributed by atoms with Crippen molar-refractivity contribution < 1.29 is 14.3 Å². The van der Waals surface area contributed by atoms with Gasteiger partial charge in [-0.1, -0.05) is 27.7 Å². The highest BCUT2D eigenvalue weighted by atomic mass is 79.9. The highest BCUT2D eigenvalue weighted by molar-refractivity contribution is 9.10. The molecule has 3 rings (SSSR count). The van der Waals surface area contributed by atoms with Crippen LogP contribution in [0.2, 0.25) is 0 Å². The fourth-order valence-corrected chi connectivity index (χ4v) is 3.76. The minimum atomic E-state index is -0.363. The number of carbonyl (C=O) groups excluding carboxylic acids is 2. The molecule has 1 unspecified atom stereocenters. The van der Waals surface area contributed by atoms with Crippen molar-refractivity contribution in [3.8, 4) is 5.75 Å². The zero-order valence-electron chi connectivity index (χ0n) is 17.3. The molecule has 0 spiro atoms. The van der Waals surface area contributed by atoms with Gasteiger partial charge in [-0.25, -0.2) is 0 Å². The molecule has 162 valence electrons. The molecule has 0 aliphatic heterocycles. The van der Waals surface area contributed by atoms with Crippen molar-refractivity contribution in [3.05, 3.63) is 64.4 Å². The van der Waals surface area contributed by atoms with Crippen LogP contribution < -0.4 is 15.4 Å². The largest absolute Gasteiger partial charge is 0.497 e. The standard InChI is InChI=1S/C21H22BrN5O3S/c1-13(23-20(29)14-4-10-17(30-3)11-5-14)19-25-26-21(27(19)2)31-12-18(28)24-16-8-6-15(22)7-9-16/h4-11,13H,12H2,1-3H3,(H,23,29)(H,24,28). The number of thioether (sulfide) groups is 1. The molecule has 2 aromatic carbocycles. The van der Waals surface area contributed by atoms with Crippen LogP contribution in [0, 0.1) is 0 Å². The van der Waals surface area contributed by atoms with Gasteiger partial charge in [0.05, 0.1) is 18.9 Å². The fourth-order valence-electron chi connectivity index (χ4n) is 2.78. The van der Waals surface area contributed by atoms with Crippen LogP contribution in [0.4, 0.5) is 5.69 Å². The quantitative estimate of drug-likeness (QED) is 0.453. The highest BCUT2D eigenvalue weighted by Gasteiger charge is 2.19. The van der Waals surface area contributed by atoms with E-state index in [2.05, 4.69) is 36.8 Å². The van der Waals surface area contributed by atoms with Crippen LogP contribution in [0.5, 0.6) is 5.75 Å². The minimum Gasteiger partial charge on any atom is -0.497 e. The Hall–Kier alpha value is -2.85. The first-order valence-electron chi connectivity index (χ1n) is 9.40. The lowest BCUT2D eigenvalue weighted by Gasteiger charge is -2.14. The van der Waals surface area contributed by atoms with Crippen LogP contribution in [-0.4, -0.2) is 39.4 Å². The molecule has 0 bridgehead atoms. The molecule has 8 nitrogen and oxygen atoms in total. The summed E-state index contributed by atoms with van der Waals surface area (Å²) in [6, 6.07) is 13.9. The number of nitrogens with zero attached hydrogens (tertiary/aromatic N) is 3. The van der Waals surface area contributed by atoms with E-state index < -0.39 is 0 Å². The number of aromatic nitrogens is 3. The molecule has 1 aromatic heterocycles. The van der Waals surface area contributed by atoms with Crippen LogP contribution >= 0.6 is 27.7 Å². The van der Waals surface area contributed by atoms with Gasteiger partial charge >= 0.3 is 0 Å². The SMILES string of the molecule is COc1ccc(C(=O)NC(C)c2nnc(SCC(=O)Nc3ccc(Br)cc3)n2C)cc1. The molecule has 0 saturated carbocycles. The topological polar surface area (TPSA) is 98.1 Å². The molecule has 31 heavy (non-hydrogen) atoms. The molecule has 0 aliphatic rings. The first kappa shape index (κ1) is 22.8. The molecule has 1 atom stereocenters. The van der Waals surface area contributed by atoms with Crippen molar-refractivity contribution in [2.24, 2.45) is 7.05 Å². The van der Waals surface area contributed by atoms with E-state index in [9.17, 15) is 9.59 Å². The van der Waals surface area contributed by atoms with Gasteiger partial charge in [-0.3, -0.25) is 9.59 Å². The number of methoxy groups -OCH3 is 1. The number of hydrogen-bond acceptors (Lipinski definition) is 6. The third kappa shape index (κ3) is 6.08. The van der Waals surface area contributed by atoms with Crippen LogP contribution in [0.3, 0.4) is 0 Å². The second-order valence-corrected chi connectivity index (χ2v) is 8.53. The Bertz CT molecular complexity index is 1050. The van der Waals surface area contributed by atoms with E-state index in [4.69, 9.17) is 4.74 Å². The number of hydrogen-bond donors (Lipinski definition) is 2. The van der Waals surface area contributed by atoms with Crippen LogP contribution in [0.15, 0.2) is 58.2 Å². The van der Waals surface area contributed by atoms with E-state index in [0.717, 1.165) is 10.2 Å². The van der Waals surface area contributed by atoms with Gasteiger partial charge < -0.3 is 19.9 Å². The zero-order chi connectivity index (χ0) is 22.4. The molecule has 1 heterocycles. The van der Waals surface area contributed by atoms with Gasteiger partial charge in [0.1, 0.15) is 5.75 Å². The van der Waals surface area contributed by atoms with Crippen molar-refractivity contribution in [3.63, 3.8) is 0 Å². The van der Waals surface area contributed by atoms with Gasteiger partial charge in [0.2, 0.25) is 5.91 Å². The van der Waals surface area contributed by atoms with Gasteiger partial charge in [0.25, 0.3) is 5.91 Å². The Morgan fingerprint density at radius 3 is 2.45 bits per heavy atom. The Morgan fingerprint density at radius 1 is 1.13 bits per heavy atom. The fraction of sp³-hybridized carbons (Fsp3) is 0.238. The molecular formula is C21H22BrN5O3S. The number of nitrogens with one attached hydrogen (secondary N) is 2. The van der Waals surface area contributed by atoms with Crippen molar-refractivity contribution in [1.82, 2.24) is 20.1 Å². The van der Waals surface area contributed by atoms with Gasteiger partial charge in [-0.2, -0.15) is 0 Å². The number of ether oxygens (including phenoxy) is 1. The second kappa shape index (κ2) is 10.5. The summed E-state index contributed by atoms with van der Waals surface area (Å²) in [5, 5.41) is 14.7. The smallest absolute Gasteiger partial charge is 0.251 e. The Balaban J connectivity index is 1.56. The molecule has 0 fully saturated rings. The number of anilines is 1. The van der Waals surface area contributed by atoms with Crippen LogP contribution in [-0.2, 0) is 11.8 Å². The molecule has 2 amide bonds. The monoisotopic (exact) mass is 503 g/mol. The van der Waals surface area contributed by atoms with E-state index in [1.54, 1.807) is 43.0 Å². The molecule has 10 heteroatoms. The maximum Gasteiger partial charge on any atom is 0.251 e. The number of rotatable bonds is 8. The predicted octanol–water partition coefficient (Wildman–Crippen LogP) is 3.81. The Morgan fingerprint density at radius 2 is 1.81 bits per heavy atom. The second-order valence-electron chi connectivity index (χ2n) is 6.67. The Kier molecular flexibility index (Phi) is 7.69. The lowest BCUT2D eigenvalue weighted by atomic mass is 10.2. The first-order chi connectivity index (χ1) is 14.9. The average Bonchev–Trinajstić information content (AvgIpc) is 3.14. The molecule has 0 radical (unpaired) electrons. The molecular weight excluding hydrogens is 482 g/mol. The third-order valence-electron chi connectivity index (χ3n) is 4.42. The summed E-state index contributed by atoms with van der Waals surface area (Å²) in [6.07, 6.45) is 0. The lowest BCUT2D eigenvalue weighted by molar-refractivity contribution is -0.113. The van der Waals surface area contributed by atoms with Gasteiger partial charge in [0, 0.05) is 22.8 Å². The summed E-state index contributed by atoms with van der Waals surface area (Å²) in [5.41, 5.74) is 1.25. The molecule has 0 saturated heterocycles. The summed E-state index contributed by atoms with van der Waals surface area (Å²) >= 11 is 4.64. The Labute approximate surface area is 192 Å². The van der Waals surface area contributed by atoms with Crippen LogP contribution in [0.1, 0.15) is 29.1 Å². The lowest BCUT2D eigenvalue weighted by Crippen LogP contribution is -2.28. The van der Waals surface area contributed by atoms with E-state index in [-0.39, 0.29) is 23.6 Å². The summed E-state index contributed by atoms with van der Waals surface area (Å²) in [7, 11) is 3.38. The van der Waals surface area contributed by atoms with Crippen molar-refractivity contribution in [2.45, 2.75) is 18.1 Å². The highest BCUT2D eigenvalue weighted by Crippen LogP contribution is 2.20. The summed E-state index contributed by atoms with van der Waals surface area (Å²) in [6.45, 7) is 1.83. The minimum absolute atomic E-state index is 0.141. The third-order valence-corrected chi connectivity index (χ3v) is 5.96. The van der Waals surface area contributed by atoms with E-state index >= 15 is 0 Å². The van der Waals surface area contributed by atoms with Crippen molar-refractivity contribution in [1.29, 1.82) is 0 Å². The molecule has 2 N–H and O–H groups in total. The summed E-state index contributed by atoms with van der Waals surface area (Å²) in [4.78, 5) is 24.7. The normalized spacial score (nSPS) is 11.6. The maximum absolute atomic E-state index is 12.5. The van der Waals surface area contributed by atoms with E-state index in [1.165, 1.54) is 11.8 Å². The summed E-state index contributed by atoms with van der Waals surface area (Å²) < 4.78 is 7.83. The number of benzene rings is 2. The van der Waals surface area contributed by atoms with Gasteiger partial charge in [0.15, 0.2) is 11.0 Å². The van der Waals surface area contributed by atoms with E-state index in [1.807, 2.05) is 31.2 Å². The number of carbonyl (C=O) groups is 2. The first-order valence-corrected chi connectivity index (χ1v) is 11.2. The molecule has 3 aromatic rings. The maximum atomic E-state index is 12.5. The number of halogens is 1. The average molecular weight is 504 g/mol. The number of amides is 2. The van der Waals surface area contributed by atoms with Crippen molar-refractivity contribution >= 4 is 45.2 Å². The van der Waals surface area contributed by atoms with Crippen molar-refractivity contribution in [2.75, 3.05) is 18.2 Å². The van der Waals surface area contributed by atoms with Gasteiger partial charge in [-0.15, -0.1) is 10.2 Å². The molecule has 0 aliphatic carbocycles. The summed E-state index contributed by atoms with van der Waals surface area (Å²) in [5.74, 6) is 1.11. The predicted molar refractivity (Wildman–Crippen MR) is 123 cm³/mol. The van der Waals surface area contributed by atoms with E-state index in [0.29, 0.717) is 22.3 Å². The van der Waals surface area contributed by atoms with Crippen LogP contribution in [0.25, 0.3) is 0 Å².